The van der Waals surface area contributed by atoms with Crippen molar-refractivity contribution in [1.29, 1.82) is 0 Å². The maximum absolute atomic E-state index is 4.30. The van der Waals surface area contributed by atoms with Gasteiger partial charge in [-0.2, -0.15) is 0 Å². The SMILES string of the molecule is C=CCNc1nccn1Cc1ccc(C(C)C)cc1. The van der Waals surface area contributed by atoms with Gasteiger partial charge in [0.05, 0.1) is 6.54 Å². The van der Waals surface area contributed by atoms with E-state index in [1.54, 1.807) is 0 Å². The number of anilines is 1. The third-order valence-corrected chi connectivity index (χ3v) is 3.12. The molecule has 1 N–H and O–H groups in total. The second kappa shape index (κ2) is 6.23. The summed E-state index contributed by atoms with van der Waals surface area (Å²) < 4.78 is 2.11. The van der Waals surface area contributed by atoms with Crippen molar-refractivity contribution in [3.05, 3.63) is 60.4 Å². The van der Waals surface area contributed by atoms with Crippen molar-refractivity contribution in [3.8, 4) is 0 Å². The highest BCUT2D eigenvalue weighted by Crippen LogP contribution is 2.16. The Labute approximate surface area is 115 Å². The summed E-state index contributed by atoms with van der Waals surface area (Å²) >= 11 is 0. The third kappa shape index (κ3) is 3.47. The molecule has 1 aromatic heterocycles. The van der Waals surface area contributed by atoms with Crippen LogP contribution in [-0.2, 0) is 6.54 Å². The largest absolute Gasteiger partial charge is 0.352 e. The molecule has 19 heavy (non-hydrogen) atoms. The van der Waals surface area contributed by atoms with Crippen LogP contribution in [0.5, 0.6) is 0 Å². The van der Waals surface area contributed by atoms with Crippen LogP contribution in [0.2, 0.25) is 0 Å². The van der Waals surface area contributed by atoms with E-state index in [0.29, 0.717) is 5.92 Å². The lowest BCUT2D eigenvalue weighted by molar-refractivity contribution is 0.799. The summed E-state index contributed by atoms with van der Waals surface area (Å²) in [5, 5.41) is 3.23. The normalized spacial score (nSPS) is 10.7. The molecule has 0 aliphatic carbocycles. The van der Waals surface area contributed by atoms with E-state index in [4.69, 9.17) is 0 Å². The first-order valence-electron chi connectivity index (χ1n) is 6.65. The number of benzene rings is 1. The number of aromatic nitrogens is 2. The van der Waals surface area contributed by atoms with Crippen LogP contribution in [0.15, 0.2) is 49.3 Å². The molecule has 3 heteroatoms. The Hall–Kier alpha value is -2.03. The van der Waals surface area contributed by atoms with Gasteiger partial charge in [0.15, 0.2) is 0 Å². The van der Waals surface area contributed by atoms with Gasteiger partial charge in [-0.25, -0.2) is 4.98 Å². The molecule has 0 aliphatic heterocycles. The zero-order valence-electron chi connectivity index (χ0n) is 11.6. The average Bonchev–Trinajstić information content (AvgIpc) is 2.84. The maximum Gasteiger partial charge on any atom is 0.203 e. The Morgan fingerprint density at radius 3 is 2.68 bits per heavy atom. The zero-order chi connectivity index (χ0) is 13.7. The number of hydrogen-bond donors (Lipinski definition) is 1. The second-order valence-corrected chi connectivity index (χ2v) is 4.94. The molecule has 3 nitrogen and oxygen atoms in total. The fourth-order valence-corrected chi connectivity index (χ4v) is 1.97. The van der Waals surface area contributed by atoms with Crippen LogP contribution in [0.25, 0.3) is 0 Å². The van der Waals surface area contributed by atoms with Gasteiger partial charge in [-0.3, -0.25) is 0 Å². The third-order valence-electron chi connectivity index (χ3n) is 3.12. The molecule has 0 unspecified atom stereocenters. The minimum absolute atomic E-state index is 0.576. The lowest BCUT2D eigenvalue weighted by Crippen LogP contribution is -2.07. The fraction of sp³-hybridized carbons (Fsp3) is 0.312. The summed E-state index contributed by atoms with van der Waals surface area (Å²) in [6.07, 6.45) is 5.63. The van der Waals surface area contributed by atoms with Crippen molar-refractivity contribution in [2.24, 2.45) is 0 Å². The van der Waals surface area contributed by atoms with Crippen LogP contribution >= 0.6 is 0 Å². The van der Waals surface area contributed by atoms with Crippen molar-refractivity contribution in [1.82, 2.24) is 9.55 Å². The topological polar surface area (TPSA) is 29.9 Å². The lowest BCUT2D eigenvalue weighted by Gasteiger charge is -2.10. The van der Waals surface area contributed by atoms with Crippen molar-refractivity contribution in [2.75, 3.05) is 11.9 Å². The molecule has 0 atom stereocenters. The Kier molecular flexibility index (Phi) is 4.39. The maximum atomic E-state index is 4.30. The van der Waals surface area contributed by atoms with Crippen LogP contribution < -0.4 is 5.32 Å². The summed E-state index contributed by atoms with van der Waals surface area (Å²) in [4.78, 5) is 4.30. The Morgan fingerprint density at radius 2 is 2.05 bits per heavy atom. The van der Waals surface area contributed by atoms with Gasteiger partial charge < -0.3 is 9.88 Å². The summed E-state index contributed by atoms with van der Waals surface area (Å²) in [5.41, 5.74) is 2.66. The van der Waals surface area contributed by atoms with Gasteiger partial charge in [0.2, 0.25) is 5.95 Å². The summed E-state index contributed by atoms with van der Waals surface area (Å²) in [5.74, 6) is 1.46. The summed E-state index contributed by atoms with van der Waals surface area (Å²) in [6, 6.07) is 8.78. The van der Waals surface area contributed by atoms with Crippen molar-refractivity contribution >= 4 is 5.95 Å². The van der Waals surface area contributed by atoms with E-state index >= 15 is 0 Å². The van der Waals surface area contributed by atoms with Gasteiger partial charge >= 0.3 is 0 Å². The molecular formula is C16H21N3. The molecule has 0 spiro atoms. The highest BCUT2D eigenvalue weighted by atomic mass is 15.2. The molecule has 0 aliphatic rings. The molecule has 0 saturated carbocycles. The van der Waals surface area contributed by atoms with E-state index in [0.717, 1.165) is 19.0 Å². The van der Waals surface area contributed by atoms with Crippen LogP contribution in [0, 0.1) is 0 Å². The molecule has 0 bridgehead atoms. The smallest absolute Gasteiger partial charge is 0.203 e. The average molecular weight is 255 g/mol. The van der Waals surface area contributed by atoms with Crippen LogP contribution in [0.4, 0.5) is 5.95 Å². The number of hydrogen-bond acceptors (Lipinski definition) is 2. The van der Waals surface area contributed by atoms with Gasteiger partial charge in [-0.05, 0) is 17.0 Å². The first-order chi connectivity index (χ1) is 9.20. The van der Waals surface area contributed by atoms with Gasteiger partial charge in [0, 0.05) is 18.9 Å². The molecule has 0 saturated heterocycles. The molecule has 2 rings (SSSR count). The predicted molar refractivity (Wildman–Crippen MR) is 80.5 cm³/mol. The first-order valence-corrected chi connectivity index (χ1v) is 6.65. The van der Waals surface area contributed by atoms with Crippen molar-refractivity contribution < 1.29 is 0 Å². The van der Waals surface area contributed by atoms with Gasteiger partial charge in [-0.1, -0.05) is 44.2 Å². The van der Waals surface area contributed by atoms with Gasteiger partial charge in [0.25, 0.3) is 0 Å². The van der Waals surface area contributed by atoms with E-state index in [2.05, 4.69) is 59.6 Å². The standard InChI is InChI=1S/C16H21N3/c1-4-9-17-16-18-10-11-19(16)12-14-5-7-15(8-6-14)13(2)3/h4-8,10-11,13H,1,9,12H2,2-3H3,(H,17,18). The minimum Gasteiger partial charge on any atom is -0.352 e. The first kappa shape index (κ1) is 13.4. The minimum atomic E-state index is 0.576. The van der Waals surface area contributed by atoms with Crippen LogP contribution in [-0.4, -0.2) is 16.1 Å². The van der Waals surface area contributed by atoms with E-state index in [-0.39, 0.29) is 0 Å². The van der Waals surface area contributed by atoms with Gasteiger partial charge in [-0.15, -0.1) is 6.58 Å². The molecule has 0 amide bonds. The van der Waals surface area contributed by atoms with Crippen LogP contribution in [0.3, 0.4) is 0 Å². The predicted octanol–water partition coefficient (Wildman–Crippen LogP) is 3.65. The molecule has 1 aromatic carbocycles. The zero-order valence-corrected chi connectivity index (χ0v) is 11.6. The van der Waals surface area contributed by atoms with Crippen LogP contribution in [0.1, 0.15) is 30.9 Å². The number of nitrogens with one attached hydrogen (secondary N) is 1. The molecule has 100 valence electrons. The molecule has 0 radical (unpaired) electrons. The van der Waals surface area contributed by atoms with Gasteiger partial charge in [0.1, 0.15) is 0 Å². The molecular weight excluding hydrogens is 234 g/mol. The van der Waals surface area contributed by atoms with E-state index < -0.39 is 0 Å². The molecule has 0 fully saturated rings. The molecule has 1 heterocycles. The second-order valence-electron chi connectivity index (χ2n) is 4.94. The summed E-state index contributed by atoms with van der Waals surface area (Å²) in [6.45, 7) is 9.68. The quantitative estimate of drug-likeness (QED) is 0.798. The Morgan fingerprint density at radius 1 is 1.32 bits per heavy atom. The Bertz CT molecular complexity index is 523. The Balaban J connectivity index is 2.08. The van der Waals surface area contributed by atoms with Crippen molar-refractivity contribution in [2.45, 2.75) is 26.3 Å². The fourth-order valence-electron chi connectivity index (χ4n) is 1.97. The highest BCUT2D eigenvalue weighted by molar-refractivity contribution is 5.30. The number of nitrogens with zero attached hydrogens (tertiary/aromatic N) is 2. The van der Waals surface area contributed by atoms with E-state index in [1.165, 1.54) is 11.1 Å². The number of rotatable bonds is 6. The summed E-state index contributed by atoms with van der Waals surface area (Å²) in [7, 11) is 0. The van der Waals surface area contributed by atoms with Crippen molar-refractivity contribution in [3.63, 3.8) is 0 Å². The number of imidazole rings is 1. The van der Waals surface area contributed by atoms with E-state index in [9.17, 15) is 0 Å². The van der Waals surface area contributed by atoms with E-state index in [1.807, 2.05) is 18.5 Å². The lowest BCUT2D eigenvalue weighted by atomic mass is 10.0. The monoisotopic (exact) mass is 255 g/mol. The molecule has 2 aromatic rings. The highest BCUT2D eigenvalue weighted by Gasteiger charge is 2.03.